The molecule has 5 heteroatoms. The lowest BCUT2D eigenvalue weighted by atomic mass is 10.1. The number of thioether (sulfide) groups is 1. The van der Waals surface area contributed by atoms with Gasteiger partial charge in [-0.2, -0.15) is 24.9 Å². The fourth-order valence-corrected chi connectivity index (χ4v) is 2.49. The van der Waals surface area contributed by atoms with Crippen LogP contribution in [0, 0.1) is 0 Å². The largest absolute Gasteiger partial charge is 0.416 e. The second-order valence-electron chi connectivity index (χ2n) is 4.89. The van der Waals surface area contributed by atoms with Crippen molar-refractivity contribution in [2.45, 2.75) is 31.6 Å². The average molecular weight is 289 g/mol. The van der Waals surface area contributed by atoms with Gasteiger partial charge in [-0.05, 0) is 36.8 Å². The third-order valence-electron chi connectivity index (χ3n) is 3.31. The topological polar surface area (TPSA) is 3.24 Å². The molecule has 1 aromatic carbocycles. The molecule has 1 nitrogen and oxygen atoms in total. The molecule has 0 N–H and O–H groups in total. The van der Waals surface area contributed by atoms with Crippen molar-refractivity contribution in [3.05, 3.63) is 35.4 Å². The highest BCUT2D eigenvalue weighted by Gasteiger charge is 2.31. The zero-order valence-electron chi connectivity index (χ0n) is 10.9. The Hall–Kier alpha value is -0.680. The number of nitrogens with zero attached hydrogens (tertiary/aromatic N) is 1. The summed E-state index contributed by atoms with van der Waals surface area (Å²) in [4.78, 5) is 2.37. The van der Waals surface area contributed by atoms with Gasteiger partial charge in [0.1, 0.15) is 0 Å². The summed E-state index contributed by atoms with van der Waals surface area (Å²) in [5.74, 6) is 1.07. The van der Waals surface area contributed by atoms with Gasteiger partial charge in [0, 0.05) is 24.9 Å². The van der Waals surface area contributed by atoms with Gasteiger partial charge in [-0.1, -0.05) is 12.1 Å². The van der Waals surface area contributed by atoms with Crippen LogP contribution in [-0.4, -0.2) is 29.5 Å². The molecule has 1 aliphatic carbocycles. The molecule has 0 heterocycles. The van der Waals surface area contributed by atoms with Crippen LogP contribution in [0.5, 0.6) is 0 Å². The van der Waals surface area contributed by atoms with Crippen molar-refractivity contribution < 1.29 is 13.2 Å². The Bertz CT molecular complexity index is 398. The van der Waals surface area contributed by atoms with Gasteiger partial charge in [-0.15, -0.1) is 0 Å². The van der Waals surface area contributed by atoms with Crippen molar-refractivity contribution in [1.29, 1.82) is 0 Å². The predicted molar refractivity (Wildman–Crippen MR) is 73.3 cm³/mol. The van der Waals surface area contributed by atoms with E-state index in [0.717, 1.165) is 24.4 Å². The first-order valence-corrected chi connectivity index (χ1v) is 7.79. The predicted octanol–water partition coefficient (Wildman–Crippen LogP) is 4.03. The maximum Gasteiger partial charge on any atom is 0.416 e. The fraction of sp³-hybridized carbons (Fsp3) is 0.571. The van der Waals surface area contributed by atoms with Crippen molar-refractivity contribution in [2.75, 3.05) is 18.6 Å². The lowest BCUT2D eigenvalue weighted by molar-refractivity contribution is -0.137. The molecule has 0 amide bonds. The Kier molecular flexibility index (Phi) is 4.79. The minimum absolute atomic E-state index is 0.571. The van der Waals surface area contributed by atoms with Crippen LogP contribution in [-0.2, 0) is 12.7 Å². The summed E-state index contributed by atoms with van der Waals surface area (Å²) < 4.78 is 37.4. The average Bonchev–Trinajstić information content (AvgIpc) is 3.18. The van der Waals surface area contributed by atoms with E-state index in [1.54, 1.807) is 23.9 Å². The van der Waals surface area contributed by atoms with Gasteiger partial charge >= 0.3 is 6.18 Å². The van der Waals surface area contributed by atoms with Crippen LogP contribution in [0.4, 0.5) is 13.2 Å². The van der Waals surface area contributed by atoms with Crippen molar-refractivity contribution >= 4 is 11.8 Å². The Morgan fingerprint density at radius 1 is 1.21 bits per heavy atom. The van der Waals surface area contributed by atoms with E-state index in [9.17, 15) is 13.2 Å². The summed E-state index contributed by atoms with van der Waals surface area (Å²) in [6, 6.07) is 6.17. The first-order valence-electron chi connectivity index (χ1n) is 6.40. The summed E-state index contributed by atoms with van der Waals surface area (Å²) in [7, 11) is 0. The highest BCUT2D eigenvalue weighted by Crippen LogP contribution is 2.31. The maximum absolute atomic E-state index is 12.5. The standard InChI is InChI=1S/C14H18F3NS/c1-19-9-8-18(13-6-7-13)10-11-2-4-12(5-3-11)14(15,16)17/h2-5,13H,6-10H2,1H3. The van der Waals surface area contributed by atoms with Crippen molar-refractivity contribution in [2.24, 2.45) is 0 Å². The van der Waals surface area contributed by atoms with Gasteiger partial charge in [-0.3, -0.25) is 4.90 Å². The summed E-state index contributed by atoms with van der Waals surface area (Å²) in [5.41, 5.74) is 0.388. The Labute approximate surface area is 116 Å². The van der Waals surface area contributed by atoms with Gasteiger partial charge in [-0.25, -0.2) is 0 Å². The Morgan fingerprint density at radius 3 is 2.32 bits per heavy atom. The van der Waals surface area contributed by atoms with Gasteiger partial charge in [0.2, 0.25) is 0 Å². The monoisotopic (exact) mass is 289 g/mol. The normalized spacial score (nSPS) is 16.1. The van der Waals surface area contributed by atoms with E-state index in [1.165, 1.54) is 25.0 Å². The number of rotatable bonds is 6. The lowest BCUT2D eigenvalue weighted by Crippen LogP contribution is -2.28. The van der Waals surface area contributed by atoms with Crippen molar-refractivity contribution in [1.82, 2.24) is 4.90 Å². The molecule has 0 bridgehead atoms. The summed E-state index contributed by atoms with van der Waals surface area (Å²) in [6.45, 7) is 1.76. The molecule has 0 unspecified atom stereocenters. The first kappa shape index (κ1) is 14.7. The highest BCUT2D eigenvalue weighted by molar-refractivity contribution is 7.98. The molecule has 0 aromatic heterocycles. The molecule has 0 atom stereocenters. The summed E-state index contributed by atoms with van der Waals surface area (Å²) in [5, 5.41) is 0. The van der Waals surface area contributed by atoms with Crippen LogP contribution < -0.4 is 0 Å². The molecule has 1 fully saturated rings. The van der Waals surface area contributed by atoms with Crippen molar-refractivity contribution in [3.63, 3.8) is 0 Å². The summed E-state index contributed by atoms with van der Waals surface area (Å²) in [6.07, 6.45) is 0.265. The minimum Gasteiger partial charge on any atom is -0.295 e. The molecule has 0 aliphatic heterocycles. The van der Waals surface area contributed by atoms with Gasteiger partial charge in [0.25, 0.3) is 0 Å². The third kappa shape index (κ3) is 4.42. The van der Waals surface area contributed by atoms with E-state index in [2.05, 4.69) is 11.2 Å². The zero-order chi connectivity index (χ0) is 13.9. The highest BCUT2D eigenvalue weighted by atomic mass is 32.2. The quantitative estimate of drug-likeness (QED) is 0.778. The molecule has 0 saturated heterocycles. The van der Waals surface area contributed by atoms with Gasteiger partial charge in [0.05, 0.1) is 5.56 Å². The molecule has 1 aliphatic rings. The lowest BCUT2D eigenvalue weighted by Gasteiger charge is -2.21. The van der Waals surface area contributed by atoms with E-state index in [-0.39, 0.29) is 0 Å². The smallest absolute Gasteiger partial charge is 0.295 e. The minimum atomic E-state index is -4.24. The van der Waals surface area contributed by atoms with Crippen LogP contribution in [0.1, 0.15) is 24.0 Å². The number of alkyl halides is 3. The van der Waals surface area contributed by atoms with Crippen LogP contribution in [0.15, 0.2) is 24.3 Å². The van der Waals surface area contributed by atoms with Crippen LogP contribution in [0.3, 0.4) is 0 Å². The number of hydrogen-bond acceptors (Lipinski definition) is 2. The molecule has 0 spiro atoms. The van der Waals surface area contributed by atoms with E-state index in [0.29, 0.717) is 6.04 Å². The number of halogens is 3. The molecule has 1 saturated carbocycles. The summed E-state index contributed by atoms with van der Waals surface area (Å²) >= 11 is 1.80. The Morgan fingerprint density at radius 2 is 1.84 bits per heavy atom. The number of hydrogen-bond donors (Lipinski definition) is 0. The number of benzene rings is 1. The van der Waals surface area contributed by atoms with Crippen LogP contribution >= 0.6 is 11.8 Å². The van der Waals surface area contributed by atoms with Crippen LogP contribution in [0.2, 0.25) is 0 Å². The van der Waals surface area contributed by atoms with Gasteiger partial charge in [0.15, 0.2) is 0 Å². The van der Waals surface area contributed by atoms with E-state index >= 15 is 0 Å². The maximum atomic E-state index is 12.5. The molecule has 0 radical (unpaired) electrons. The third-order valence-corrected chi connectivity index (χ3v) is 3.90. The molecule has 2 rings (SSSR count). The van der Waals surface area contributed by atoms with Crippen LogP contribution in [0.25, 0.3) is 0 Å². The van der Waals surface area contributed by atoms with E-state index in [1.807, 2.05) is 0 Å². The van der Waals surface area contributed by atoms with Crippen molar-refractivity contribution in [3.8, 4) is 0 Å². The molecule has 106 valence electrons. The van der Waals surface area contributed by atoms with Gasteiger partial charge < -0.3 is 0 Å². The SMILES string of the molecule is CSCCN(Cc1ccc(C(F)(F)F)cc1)C1CC1. The second kappa shape index (κ2) is 6.18. The molecule has 19 heavy (non-hydrogen) atoms. The molecule has 1 aromatic rings. The molecular formula is C14H18F3NS. The van der Waals surface area contributed by atoms with E-state index < -0.39 is 11.7 Å². The van der Waals surface area contributed by atoms with E-state index in [4.69, 9.17) is 0 Å². The second-order valence-corrected chi connectivity index (χ2v) is 5.87. The zero-order valence-corrected chi connectivity index (χ0v) is 11.7. The first-order chi connectivity index (χ1) is 9.00. The Balaban J connectivity index is 1.97. The fourth-order valence-electron chi connectivity index (χ4n) is 2.07. The molecular weight excluding hydrogens is 271 g/mol.